The van der Waals surface area contributed by atoms with Crippen LogP contribution in [0, 0.1) is 23.5 Å². The van der Waals surface area contributed by atoms with Crippen LogP contribution in [-0.4, -0.2) is 0 Å². The molecule has 1 unspecified atom stereocenters. The fourth-order valence-electron chi connectivity index (χ4n) is 4.47. The molecule has 1 aliphatic rings. The van der Waals surface area contributed by atoms with E-state index in [2.05, 4.69) is 31.7 Å². The minimum absolute atomic E-state index is 0.330. The first kappa shape index (κ1) is 20.8. The van der Waals surface area contributed by atoms with Crippen LogP contribution in [0.4, 0.5) is 8.78 Å². The molecule has 0 aromatic heterocycles. The summed E-state index contributed by atoms with van der Waals surface area (Å²) in [5.74, 6) is 0.337. The second-order valence-electron chi connectivity index (χ2n) is 9.36. The van der Waals surface area contributed by atoms with Crippen molar-refractivity contribution in [2.75, 3.05) is 0 Å². The van der Waals surface area contributed by atoms with Gasteiger partial charge in [0.2, 0.25) is 0 Å². The van der Waals surface area contributed by atoms with Crippen molar-refractivity contribution in [3.8, 4) is 11.1 Å². The predicted octanol–water partition coefficient (Wildman–Crippen LogP) is 8.03. The summed E-state index contributed by atoms with van der Waals surface area (Å²) in [7, 11) is 0. The van der Waals surface area contributed by atoms with Crippen molar-refractivity contribution in [2.24, 2.45) is 11.8 Å². The van der Waals surface area contributed by atoms with Crippen LogP contribution in [-0.2, 0) is 5.41 Å². The Kier molecular flexibility index (Phi) is 6.07. The number of rotatable bonds is 4. The Bertz CT molecular complexity index is 819. The van der Waals surface area contributed by atoms with E-state index in [1.165, 1.54) is 31.2 Å². The summed E-state index contributed by atoms with van der Waals surface area (Å²) in [4.78, 5) is 0. The van der Waals surface area contributed by atoms with Gasteiger partial charge in [-0.3, -0.25) is 0 Å². The van der Waals surface area contributed by atoms with Gasteiger partial charge in [0.1, 0.15) is 0 Å². The Morgan fingerprint density at radius 3 is 2.07 bits per heavy atom. The van der Waals surface area contributed by atoms with E-state index in [4.69, 9.17) is 0 Å². The molecule has 0 N–H and O–H groups in total. The van der Waals surface area contributed by atoms with E-state index in [9.17, 15) is 8.78 Å². The summed E-state index contributed by atoms with van der Waals surface area (Å²) in [5.41, 5.74) is 2.32. The van der Waals surface area contributed by atoms with E-state index in [0.29, 0.717) is 28.9 Å². The summed E-state index contributed by atoms with van der Waals surface area (Å²) in [5, 5.41) is 0. The minimum atomic E-state index is -0.754. The van der Waals surface area contributed by atoms with E-state index in [-0.39, 0.29) is 0 Å². The molecule has 1 saturated carbocycles. The lowest BCUT2D eigenvalue weighted by Gasteiger charge is -2.31. The Morgan fingerprint density at radius 2 is 1.54 bits per heavy atom. The molecule has 0 radical (unpaired) electrons. The summed E-state index contributed by atoms with van der Waals surface area (Å²) < 4.78 is 29.3. The third-order valence-corrected chi connectivity index (χ3v) is 6.49. The van der Waals surface area contributed by atoms with Gasteiger partial charge in [0.05, 0.1) is 0 Å². The second-order valence-corrected chi connectivity index (χ2v) is 9.36. The number of allylic oxidation sites excluding steroid dienone is 1. The van der Waals surface area contributed by atoms with E-state index < -0.39 is 17.0 Å². The van der Waals surface area contributed by atoms with Gasteiger partial charge in [-0.05, 0) is 65.5 Å². The molecule has 0 saturated heterocycles. The Balaban J connectivity index is 1.79. The van der Waals surface area contributed by atoms with Crippen LogP contribution in [0.2, 0.25) is 0 Å². The first-order valence-corrected chi connectivity index (χ1v) is 10.4. The molecule has 0 spiro atoms. The van der Waals surface area contributed by atoms with E-state index in [1.807, 2.05) is 32.9 Å². The highest BCUT2D eigenvalue weighted by Gasteiger charge is 2.26. The summed E-state index contributed by atoms with van der Waals surface area (Å²) in [6, 6.07) is 11.4. The van der Waals surface area contributed by atoms with Gasteiger partial charge in [-0.1, -0.05) is 70.2 Å². The van der Waals surface area contributed by atoms with Crippen LogP contribution in [0.5, 0.6) is 0 Å². The highest BCUT2D eigenvalue weighted by atomic mass is 19.2. The maximum absolute atomic E-state index is 14.7. The van der Waals surface area contributed by atoms with Gasteiger partial charge in [0, 0.05) is 5.56 Å². The molecule has 150 valence electrons. The van der Waals surface area contributed by atoms with E-state index in [0.717, 1.165) is 5.56 Å². The van der Waals surface area contributed by atoms with Crippen LogP contribution in [0.25, 0.3) is 11.1 Å². The van der Waals surface area contributed by atoms with E-state index in [1.54, 1.807) is 12.1 Å². The molecule has 2 heteroatoms. The maximum Gasteiger partial charge on any atom is 0.166 e. The Morgan fingerprint density at radius 1 is 0.929 bits per heavy atom. The third kappa shape index (κ3) is 4.21. The number of hydrogen-bond acceptors (Lipinski definition) is 0. The average molecular weight is 383 g/mol. The molecule has 1 fully saturated rings. The number of hydrogen-bond donors (Lipinski definition) is 0. The van der Waals surface area contributed by atoms with Crippen molar-refractivity contribution in [3.63, 3.8) is 0 Å². The van der Waals surface area contributed by atoms with Crippen molar-refractivity contribution >= 4 is 0 Å². The van der Waals surface area contributed by atoms with Gasteiger partial charge in [-0.2, -0.15) is 0 Å². The molecule has 0 amide bonds. The molecular weight excluding hydrogens is 350 g/mol. The first-order valence-electron chi connectivity index (χ1n) is 10.4. The van der Waals surface area contributed by atoms with E-state index >= 15 is 0 Å². The van der Waals surface area contributed by atoms with Crippen LogP contribution in [0.3, 0.4) is 0 Å². The monoisotopic (exact) mass is 382 g/mol. The van der Waals surface area contributed by atoms with Crippen molar-refractivity contribution in [2.45, 2.75) is 64.7 Å². The predicted molar refractivity (Wildman–Crippen MR) is 115 cm³/mol. The molecule has 3 rings (SSSR count). The Hall–Kier alpha value is -1.96. The lowest BCUT2D eigenvalue weighted by molar-refractivity contribution is 0.278. The van der Waals surface area contributed by atoms with Crippen LogP contribution < -0.4 is 0 Å². The van der Waals surface area contributed by atoms with Gasteiger partial charge in [-0.25, -0.2) is 8.78 Å². The maximum atomic E-state index is 14.7. The average Bonchev–Trinajstić information content (AvgIpc) is 2.69. The smallest absolute Gasteiger partial charge is 0.166 e. The van der Waals surface area contributed by atoms with Crippen LogP contribution in [0.1, 0.15) is 70.4 Å². The molecule has 1 aliphatic carbocycles. The minimum Gasteiger partial charge on any atom is -0.203 e. The van der Waals surface area contributed by atoms with Gasteiger partial charge in [0.25, 0.3) is 0 Å². The quantitative estimate of drug-likeness (QED) is 0.470. The SMILES string of the molecule is C=CC1CCC(C(C)c2ccc(-c3ccc(C(C)(C)C)c(F)c3F)cc2)CC1. The topological polar surface area (TPSA) is 0 Å². The molecule has 2 aromatic carbocycles. The second kappa shape index (κ2) is 8.19. The van der Waals surface area contributed by atoms with Gasteiger partial charge < -0.3 is 0 Å². The van der Waals surface area contributed by atoms with Crippen LogP contribution in [0.15, 0.2) is 49.1 Å². The van der Waals surface area contributed by atoms with Crippen molar-refractivity contribution in [1.82, 2.24) is 0 Å². The summed E-state index contributed by atoms with van der Waals surface area (Å²) in [6.45, 7) is 11.9. The zero-order valence-electron chi connectivity index (χ0n) is 17.6. The summed E-state index contributed by atoms with van der Waals surface area (Å²) in [6.07, 6.45) is 7.00. The highest BCUT2D eigenvalue weighted by Crippen LogP contribution is 2.39. The fraction of sp³-hybridized carbons (Fsp3) is 0.462. The van der Waals surface area contributed by atoms with Crippen molar-refractivity contribution in [1.29, 1.82) is 0 Å². The zero-order valence-corrected chi connectivity index (χ0v) is 17.6. The largest absolute Gasteiger partial charge is 0.203 e. The molecule has 0 nitrogen and oxygen atoms in total. The molecule has 1 atom stereocenters. The lowest BCUT2D eigenvalue weighted by Crippen LogP contribution is -2.18. The molecule has 28 heavy (non-hydrogen) atoms. The first-order chi connectivity index (χ1) is 13.2. The Labute approximate surface area is 168 Å². The normalized spacial score (nSPS) is 21.4. The fourth-order valence-corrected chi connectivity index (χ4v) is 4.47. The van der Waals surface area contributed by atoms with Crippen LogP contribution >= 0.6 is 0 Å². The molecule has 0 bridgehead atoms. The van der Waals surface area contributed by atoms with Gasteiger partial charge in [0.15, 0.2) is 11.6 Å². The molecule has 2 aromatic rings. The standard InChI is InChI=1S/C26H32F2/c1-6-18-7-9-19(10-8-18)17(2)20-11-13-21(14-12-20)22-15-16-23(26(3,4)5)25(28)24(22)27/h6,11-19H,1,7-10H2,2-5H3. The zero-order chi connectivity index (χ0) is 20.5. The highest BCUT2D eigenvalue weighted by molar-refractivity contribution is 5.65. The summed E-state index contributed by atoms with van der Waals surface area (Å²) >= 11 is 0. The third-order valence-electron chi connectivity index (χ3n) is 6.49. The van der Waals surface area contributed by atoms with Gasteiger partial charge in [-0.15, -0.1) is 6.58 Å². The van der Waals surface area contributed by atoms with Gasteiger partial charge >= 0.3 is 0 Å². The lowest BCUT2D eigenvalue weighted by atomic mass is 9.74. The molecule has 0 heterocycles. The van der Waals surface area contributed by atoms with Crippen molar-refractivity contribution < 1.29 is 8.78 Å². The molecular formula is C26H32F2. The van der Waals surface area contributed by atoms with Crippen molar-refractivity contribution in [3.05, 3.63) is 71.8 Å². The molecule has 0 aliphatic heterocycles. The number of benzene rings is 2. The number of halogens is 2.